The quantitative estimate of drug-likeness (QED) is 0.875. The van der Waals surface area contributed by atoms with Crippen LogP contribution < -0.4 is 10.1 Å². The van der Waals surface area contributed by atoms with Crippen molar-refractivity contribution in [2.75, 3.05) is 33.4 Å². The van der Waals surface area contributed by atoms with Gasteiger partial charge in [0.05, 0.1) is 19.8 Å². The summed E-state index contributed by atoms with van der Waals surface area (Å²) < 4.78 is 24.1. The first-order valence-corrected chi connectivity index (χ1v) is 8.01. The molecule has 1 aliphatic rings. The minimum atomic E-state index is -0.427. The van der Waals surface area contributed by atoms with Crippen LogP contribution in [0.25, 0.3) is 0 Å². The fraction of sp³-hybridized carbons (Fsp3) is 0.588. The number of ether oxygens (including phenoxy) is 2. The number of hydrogen-bond acceptors (Lipinski definition) is 3. The summed E-state index contributed by atoms with van der Waals surface area (Å²) >= 11 is 0. The summed E-state index contributed by atoms with van der Waals surface area (Å²) in [7, 11) is 1.43. The summed E-state index contributed by atoms with van der Waals surface area (Å²) in [5.74, 6) is 0.170. The van der Waals surface area contributed by atoms with Gasteiger partial charge in [0, 0.05) is 25.6 Å². The Morgan fingerprint density at radius 2 is 2.30 bits per heavy atom. The van der Waals surface area contributed by atoms with Crippen molar-refractivity contribution in [3.63, 3.8) is 0 Å². The van der Waals surface area contributed by atoms with Gasteiger partial charge < -0.3 is 19.7 Å². The summed E-state index contributed by atoms with van der Waals surface area (Å²) in [5, 5.41) is 2.92. The summed E-state index contributed by atoms with van der Waals surface area (Å²) in [6, 6.07) is 4.34. The van der Waals surface area contributed by atoms with Gasteiger partial charge in [-0.1, -0.05) is 6.07 Å². The molecule has 1 aromatic carbocycles. The molecule has 2 amide bonds. The van der Waals surface area contributed by atoms with Gasteiger partial charge in [-0.15, -0.1) is 0 Å². The van der Waals surface area contributed by atoms with Crippen molar-refractivity contribution in [3.05, 3.63) is 29.6 Å². The third kappa shape index (κ3) is 4.58. The number of methoxy groups -OCH3 is 1. The standard InChI is InChI=1S/C17H25FN2O3/c1-4-23-11-13-7-8-20(10-13)17(21)19-12(2)14-5-6-16(22-3)15(18)9-14/h5-6,9,12-13H,4,7-8,10-11H2,1-3H3,(H,19,21)/t12-,13+/m0/s1. The summed E-state index contributed by atoms with van der Waals surface area (Å²) in [6.07, 6.45) is 0.957. The zero-order valence-corrected chi connectivity index (χ0v) is 14.0. The molecular formula is C17H25FN2O3. The summed E-state index contributed by atoms with van der Waals surface area (Å²) in [4.78, 5) is 14.1. The van der Waals surface area contributed by atoms with E-state index in [2.05, 4.69) is 5.32 Å². The molecule has 1 aromatic rings. The number of urea groups is 1. The molecule has 128 valence electrons. The molecule has 1 aliphatic heterocycles. The maximum atomic E-state index is 13.8. The largest absolute Gasteiger partial charge is 0.494 e. The zero-order valence-electron chi connectivity index (χ0n) is 14.0. The number of amides is 2. The van der Waals surface area contributed by atoms with Gasteiger partial charge >= 0.3 is 6.03 Å². The van der Waals surface area contributed by atoms with Crippen molar-refractivity contribution in [2.24, 2.45) is 5.92 Å². The van der Waals surface area contributed by atoms with Crippen LogP contribution in [0, 0.1) is 11.7 Å². The number of nitrogens with zero attached hydrogens (tertiary/aromatic N) is 1. The molecule has 23 heavy (non-hydrogen) atoms. The number of carbonyl (C=O) groups is 1. The Balaban J connectivity index is 1.89. The van der Waals surface area contributed by atoms with Crippen LogP contribution in [0.15, 0.2) is 18.2 Å². The maximum Gasteiger partial charge on any atom is 0.317 e. The molecule has 0 bridgehead atoms. The highest BCUT2D eigenvalue weighted by molar-refractivity contribution is 5.75. The van der Waals surface area contributed by atoms with Crippen molar-refractivity contribution < 1.29 is 18.7 Å². The van der Waals surface area contributed by atoms with Crippen molar-refractivity contribution >= 4 is 6.03 Å². The number of likely N-dealkylation sites (tertiary alicyclic amines) is 1. The SMILES string of the molecule is CCOC[C@@H]1CCN(C(=O)N[C@@H](C)c2ccc(OC)c(F)c2)C1. The van der Waals surface area contributed by atoms with Crippen LogP contribution in [0.4, 0.5) is 9.18 Å². The van der Waals surface area contributed by atoms with Gasteiger partial charge in [0.25, 0.3) is 0 Å². The number of benzene rings is 1. The summed E-state index contributed by atoms with van der Waals surface area (Å²) in [6.45, 7) is 6.63. The van der Waals surface area contributed by atoms with E-state index in [1.54, 1.807) is 17.0 Å². The molecular weight excluding hydrogens is 299 g/mol. The minimum Gasteiger partial charge on any atom is -0.494 e. The van der Waals surface area contributed by atoms with E-state index < -0.39 is 5.82 Å². The van der Waals surface area contributed by atoms with Crippen LogP contribution in [-0.4, -0.2) is 44.3 Å². The molecule has 0 saturated carbocycles. The van der Waals surface area contributed by atoms with Crippen LogP contribution >= 0.6 is 0 Å². The molecule has 0 aliphatic carbocycles. The van der Waals surface area contributed by atoms with E-state index in [0.29, 0.717) is 31.2 Å². The second-order valence-electron chi connectivity index (χ2n) is 5.83. The topological polar surface area (TPSA) is 50.8 Å². The van der Waals surface area contributed by atoms with Gasteiger partial charge in [0.1, 0.15) is 0 Å². The monoisotopic (exact) mass is 324 g/mol. The van der Waals surface area contributed by atoms with Crippen molar-refractivity contribution in [2.45, 2.75) is 26.3 Å². The van der Waals surface area contributed by atoms with Gasteiger partial charge in [-0.2, -0.15) is 0 Å². The van der Waals surface area contributed by atoms with Crippen LogP contribution in [0.1, 0.15) is 31.9 Å². The molecule has 0 unspecified atom stereocenters. The van der Waals surface area contributed by atoms with E-state index >= 15 is 0 Å². The molecule has 1 saturated heterocycles. The predicted molar refractivity (Wildman–Crippen MR) is 86.1 cm³/mol. The van der Waals surface area contributed by atoms with Gasteiger partial charge in [-0.05, 0) is 38.0 Å². The van der Waals surface area contributed by atoms with Crippen LogP contribution in [-0.2, 0) is 4.74 Å². The van der Waals surface area contributed by atoms with Gasteiger partial charge in [-0.3, -0.25) is 0 Å². The molecule has 1 fully saturated rings. The molecule has 0 spiro atoms. The Morgan fingerprint density at radius 3 is 2.96 bits per heavy atom. The third-order valence-electron chi connectivity index (χ3n) is 4.15. The van der Waals surface area contributed by atoms with E-state index in [1.807, 2.05) is 13.8 Å². The van der Waals surface area contributed by atoms with Crippen molar-refractivity contribution in [1.82, 2.24) is 10.2 Å². The Kier molecular flexibility index (Phi) is 6.21. The number of hydrogen-bond donors (Lipinski definition) is 1. The lowest BCUT2D eigenvalue weighted by Crippen LogP contribution is -2.39. The average Bonchev–Trinajstić information content (AvgIpc) is 3.01. The first-order valence-electron chi connectivity index (χ1n) is 8.01. The molecule has 0 aromatic heterocycles. The Labute approximate surface area is 136 Å². The normalized spacial score (nSPS) is 18.8. The Hall–Kier alpha value is -1.82. The van der Waals surface area contributed by atoms with Crippen LogP contribution in [0.5, 0.6) is 5.75 Å². The Bertz CT molecular complexity index is 539. The lowest BCUT2D eigenvalue weighted by atomic mass is 10.1. The van der Waals surface area contributed by atoms with E-state index in [-0.39, 0.29) is 17.8 Å². The Morgan fingerprint density at radius 1 is 1.52 bits per heavy atom. The highest BCUT2D eigenvalue weighted by Crippen LogP contribution is 2.22. The molecule has 0 radical (unpaired) electrons. The van der Waals surface area contributed by atoms with E-state index in [1.165, 1.54) is 13.2 Å². The smallest absolute Gasteiger partial charge is 0.317 e. The first kappa shape index (κ1) is 17.5. The number of nitrogens with one attached hydrogen (secondary N) is 1. The fourth-order valence-electron chi connectivity index (χ4n) is 2.75. The van der Waals surface area contributed by atoms with Gasteiger partial charge in [0.15, 0.2) is 11.6 Å². The zero-order chi connectivity index (χ0) is 16.8. The van der Waals surface area contributed by atoms with Gasteiger partial charge in [0.2, 0.25) is 0 Å². The van der Waals surface area contributed by atoms with E-state index in [4.69, 9.17) is 9.47 Å². The first-order chi connectivity index (χ1) is 11.0. The lowest BCUT2D eigenvalue weighted by Gasteiger charge is -2.21. The molecule has 2 rings (SSSR count). The third-order valence-corrected chi connectivity index (χ3v) is 4.15. The number of rotatable bonds is 6. The second-order valence-corrected chi connectivity index (χ2v) is 5.83. The van der Waals surface area contributed by atoms with E-state index in [9.17, 15) is 9.18 Å². The fourth-order valence-corrected chi connectivity index (χ4v) is 2.75. The van der Waals surface area contributed by atoms with E-state index in [0.717, 1.165) is 13.0 Å². The average molecular weight is 324 g/mol. The molecule has 1 N–H and O–H groups in total. The lowest BCUT2D eigenvalue weighted by molar-refractivity contribution is 0.113. The number of halogens is 1. The van der Waals surface area contributed by atoms with Crippen LogP contribution in [0.3, 0.4) is 0 Å². The highest BCUT2D eigenvalue weighted by Gasteiger charge is 2.27. The molecule has 5 nitrogen and oxygen atoms in total. The molecule has 2 atom stereocenters. The van der Waals surface area contributed by atoms with Crippen molar-refractivity contribution in [1.29, 1.82) is 0 Å². The van der Waals surface area contributed by atoms with Crippen molar-refractivity contribution in [3.8, 4) is 5.75 Å². The maximum absolute atomic E-state index is 13.8. The predicted octanol–water partition coefficient (Wildman–Crippen LogP) is 2.96. The summed E-state index contributed by atoms with van der Waals surface area (Å²) in [5.41, 5.74) is 0.710. The van der Waals surface area contributed by atoms with Gasteiger partial charge in [-0.25, -0.2) is 9.18 Å². The molecule has 6 heteroatoms. The minimum absolute atomic E-state index is 0.118. The molecule has 1 heterocycles. The van der Waals surface area contributed by atoms with Crippen LogP contribution in [0.2, 0.25) is 0 Å². The second kappa shape index (κ2) is 8.15. The number of carbonyl (C=O) groups excluding carboxylic acids is 1. The highest BCUT2D eigenvalue weighted by atomic mass is 19.1.